The SMILES string of the molecule is CC(C)CCN1C[C@@]2(CCCN(C(=O)CN3C(=O)CNC3=O)C2)CCC1=O. The molecule has 150 valence electrons. The van der Waals surface area contributed by atoms with Crippen LogP contribution in [0.5, 0.6) is 0 Å². The van der Waals surface area contributed by atoms with Gasteiger partial charge >= 0.3 is 6.03 Å². The highest BCUT2D eigenvalue weighted by atomic mass is 16.2. The molecule has 0 aliphatic carbocycles. The lowest BCUT2D eigenvalue weighted by molar-refractivity contribution is -0.144. The molecule has 0 saturated carbocycles. The van der Waals surface area contributed by atoms with Crippen molar-refractivity contribution in [1.29, 1.82) is 0 Å². The number of nitrogens with zero attached hydrogens (tertiary/aromatic N) is 3. The fourth-order valence-electron chi connectivity index (χ4n) is 4.32. The Morgan fingerprint density at radius 3 is 2.59 bits per heavy atom. The van der Waals surface area contributed by atoms with Crippen molar-refractivity contribution in [3.8, 4) is 0 Å². The van der Waals surface area contributed by atoms with Crippen molar-refractivity contribution < 1.29 is 19.2 Å². The second-order valence-electron chi connectivity index (χ2n) is 8.56. The fraction of sp³-hybridized carbons (Fsp3) is 0.789. The van der Waals surface area contributed by atoms with Crippen LogP contribution >= 0.6 is 0 Å². The Morgan fingerprint density at radius 1 is 1.15 bits per heavy atom. The van der Waals surface area contributed by atoms with E-state index in [1.807, 2.05) is 4.90 Å². The van der Waals surface area contributed by atoms with Crippen LogP contribution in [0.4, 0.5) is 4.79 Å². The van der Waals surface area contributed by atoms with Crippen LogP contribution in [0.2, 0.25) is 0 Å². The summed E-state index contributed by atoms with van der Waals surface area (Å²) in [4.78, 5) is 53.2. The molecule has 8 nitrogen and oxygen atoms in total. The molecule has 0 bridgehead atoms. The van der Waals surface area contributed by atoms with Crippen LogP contribution < -0.4 is 5.32 Å². The first-order valence-corrected chi connectivity index (χ1v) is 9.93. The maximum atomic E-state index is 12.7. The highest BCUT2D eigenvalue weighted by molar-refractivity contribution is 6.04. The summed E-state index contributed by atoms with van der Waals surface area (Å²) in [5.74, 6) is 0.210. The van der Waals surface area contributed by atoms with Gasteiger partial charge in [-0.2, -0.15) is 0 Å². The number of amides is 5. The van der Waals surface area contributed by atoms with Crippen LogP contribution in [0.1, 0.15) is 46.0 Å². The van der Waals surface area contributed by atoms with Crippen LogP contribution in [-0.4, -0.2) is 77.7 Å². The molecule has 1 atom stereocenters. The predicted octanol–water partition coefficient (Wildman–Crippen LogP) is 0.816. The molecule has 1 spiro atoms. The molecule has 1 N–H and O–H groups in total. The molecular weight excluding hydrogens is 348 g/mol. The zero-order valence-corrected chi connectivity index (χ0v) is 16.3. The van der Waals surface area contributed by atoms with E-state index in [1.54, 1.807) is 4.90 Å². The van der Waals surface area contributed by atoms with Crippen molar-refractivity contribution in [3.05, 3.63) is 0 Å². The first-order chi connectivity index (χ1) is 12.8. The first kappa shape index (κ1) is 19.6. The molecule has 0 aromatic carbocycles. The van der Waals surface area contributed by atoms with Crippen molar-refractivity contribution in [3.63, 3.8) is 0 Å². The maximum Gasteiger partial charge on any atom is 0.325 e. The molecule has 5 amide bonds. The topological polar surface area (TPSA) is 90.0 Å². The van der Waals surface area contributed by atoms with Crippen LogP contribution in [0.3, 0.4) is 0 Å². The summed E-state index contributed by atoms with van der Waals surface area (Å²) in [6.45, 7) is 6.78. The average molecular weight is 378 g/mol. The number of likely N-dealkylation sites (tertiary alicyclic amines) is 2. The standard InChI is InChI=1S/C19H30N4O4/c1-14(2)5-9-22-13-19(7-4-15(22)24)6-3-8-21(12-19)17(26)11-23-16(25)10-20-18(23)27/h14H,3-13H2,1-2H3,(H,20,27)/t19-/m0/s1. The first-order valence-electron chi connectivity index (χ1n) is 9.93. The zero-order chi connectivity index (χ0) is 19.6. The Hall–Kier alpha value is -2.12. The van der Waals surface area contributed by atoms with Gasteiger partial charge in [-0.25, -0.2) is 4.79 Å². The van der Waals surface area contributed by atoms with E-state index in [-0.39, 0.29) is 36.2 Å². The summed E-state index contributed by atoms with van der Waals surface area (Å²) >= 11 is 0. The van der Waals surface area contributed by atoms with E-state index in [0.717, 1.165) is 37.1 Å². The van der Waals surface area contributed by atoms with Crippen molar-refractivity contribution in [2.24, 2.45) is 11.3 Å². The Balaban J connectivity index is 1.62. The number of nitrogens with one attached hydrogen (secondary N) is 1. The lowest BCUT2D eigenvalue weighted by atomic mass is 9.73. The molecule has 0 aromatic heterocycles. The summed E-state index contributed by atoms with van der Waals surface area (Å²) in [5, 5.41) is 2.44. The summed E-state index contributed by atoms with van der Waals surface area (Å²) in [6.07, 6.45) is 4.21. The van der Waals surface area contributed by atoms with Crippen LogP contribution in [-0.2, 0) is 14.4 Å². The van der Waals surface area contributed by atoms with Gasteiger partial charge in [-0.05, 0) is 31.6 Å². The molecule has 3 aliphatic rings. The van der Waals surface area contributed by atoms with Gasteiger partial charge in [-0.3, -0.25) is 19.3 Å². The lowest BCUT2D eigenvalue weighted by Crippen LogP contribution is -2.56. The summed E-state index contributed by atoms with van der Waals surface area (Å²) in [6, 6.07) is -0.497. The van der Waals surface area contributed by atoms with Crippen LogP contribution in [0.15, 0.2) is 0 Å². The smallest absolute Gasteiger partial charge is 0.325 e. The summed E-state index contributed by atoms with van der Waals surface area (Å²) in [7, 11) is 0. The minimum Gasteiger partial charge on any atom is -0.342 e. The van der Waals surface area contributed by atoms with Crippen molar-refractivity contribution in [1.82, 2.24) is 20.0 Å². The molecule has 3 rings (SSSR count). The molecule has 3 heterocycles. The minimum absolute atomic E-state index is 0.0387. The van der Waals surface area contributed by atoms with E-state index in [4.69, 9.17) is 0 Å². The van der Waals surface area contributed by atoms with Gasteiger partial charge in [0.25, 0.3) is 5.91 Å². The minimum atomic E-state index is -0.497. The third kappa shape index (κ3) is 4.42. The van der Waals surface area contributed by atoms with E-state index < -0.39 is 6.03 Å². The van der Waals surface area contributed by atoms with Gasteiger partial charge in [-0.1, -0.05) is 13.8 Å². The lowest BCUT2D eigenvalue weighted by Gasteiger charge is -2.48. The van der Waals surface area contributed by atoms with Gasteiger partial charge in [0, 0.05) is 38.0 Å². The molecule has 3 saturated heterocycles. The quantitative estimate of drug-likeness (QED) is 0.717. The van der Waals surface area contributed by atoms with Crippen molar-refractivity contribution in [2.75, 3.05) is 39.3 Å². The van der Waals surface area contributed by atoms with Gasteiger partial charge in [0.1, 0.15) is 6.54 Å². The van der Waals surface area contributed by atoms with Gasteiger partial charge < -0.3 is 15.1 Å². The van der Waals surface area contributed by atoms with Gasteiger partial charge in [0.15, 0.2) is 0 Å². The van der Waals surface area contributed by atoms with Gasteiger partial charge in [-0.15, -0.1) is 0 Å². The molecule has 0 aromatic rings. The van der Waals surface area contributed by atoms with Crippen LogP contribution in [0, 0.1) is 11.3 Å². The van der Waals surface area contributed by atoms with Gasteiger partial charge in [0.05, 0.1) is 6.54 Å². The molecule has 27 heavy (non-hydrogen) atoms. The Kier molecular flexibility index (Phi) is 5.72. The molecular formula is C19H30N4O4. The number of hydrogen-bond donors (Lipinski definition) is 1. The van der Waals surface area contributed by atoms with Gasteiger partial charge in [0.2, 0.25) is 11.8 Å². The average Bonchev–Trinajstić information content (AvgIpc) is 2.95. The number of rotatable bonds is 5. The normalized spacial score (nSPS) is 26.3. The van der Waals surface area contributed by atoms with E-state index in [9.17, 15) is 19.2 Å². The van der Waals surface area contributed by atoms with Crippen molar-refractivity contribution >= 4 is 23.8 Å². The van der Waals surface area contributed by atoms with Crippen molar-refractivity contribution in [2.45, 2.75) is 46.0 Å². The highest BCUT2D eigenvalue weighted by Gasteiger charge is 2.43. The zero-order valence-electron chi connectivity index (χ0n) is 16.3. The Labute approximate surface area is 160 Å². The summed E-state index contributed by atoms with van der Waals surface area (Å²) < 4.78 is 0. The third-order valence-corrected chi connectivity index (χ3v) is 5.97. The van der Waals surface area contributed by atoms with E-state index in [2.05, 4.69) is 19.2 Å². The molecule has 3 aliphatic heterocycles. The summed E-state index contributed by atoms with van der Waals surface area (Å²) in [5.41, 5.74) is -0.0594. The number of urea groups is 1. The van der Waals surface area contributed by atoms with E-state index in [1.165, 1.54) is 0 Å². The molecule has 8 heteroatoms. The predicted molar refractivity (Wildman–Crippen MR) is 98.6 cm³/mol. The second kappa shape index (κ2) is 7.86. The number of hydrogen-bond acceptors (Lipinski definition) is 4. The monoisotopic (exact) mass is 378 g/mol. The Bertz CT molecular complexity index is 619. The second-order valence-corrected chi connectivity index (χ2v) is 8.56. The largest absolute Gasteiger partial charge is 0.342 e. The number of carbonyl (C=O) groups is 4. The third-order valence-electron chi connectivity index (χ3n) is 5.97. The number of imide groups is 1. The maximum absolute atomic E-state index is 12.7. The highest BCUT2D eigenvalue weighted by Crippen LogP contribution is 2.39. The van der Waals surface area contributed by atoms with E-state index >= 15 is 0 Å². The fourth-order valence-corrected chi connectivity index (χ4v) is 4.32. The number of piperidine rings is 2. The Morgan fingerprint density at radius 2 is 1.93 bits per heavy atom. The number of carbonyl (C=O) groups excluding carboxylic acids is 4. The molecule has 0 unspecified atom stereocenters. The van der Waals surface area contributed by atoms with E-state index in [0.29, 0.717) is 32.0 Å². The van der Waals surface area contributed by atoms with Crippen LogP contribution in [0.25, 0.3) is 0 Å². The molecule has 0 radical (unpaired) electrons. The molecule has 3 fully saturated rings.